The molecule has 1 unspecified atom stereocenters. The number of rotatable bonds is 4. The topological polar surface area (TPSA) is 87.4 Å². The van der Waals surface area contributed by atoms with Gasteiger partial charge in [0.2, 0.25) is 0 Å². The van der Waals surface area contributed by atoms with Gasteiger partial charge in [-0.15, -0.1) is 0 Å². The Balaban J connectivity index is 2.86. The summed E-state index contributed by atoms with van der Waals surface area (Å²) < 4.78 is 0. The van der Waals surface area contributed by atoms with Crippen molar-refractivity contribution in [3.8, 4) is 0 Å². The van der Waals surface area contributed by atoms with E-state index in [-0.39, 0.29) is 5.91 Å². The smallest absolute Gasteiger partial charge is 0.251 e. The number of nitrogens with one attached hydrogen (secondary N) is 2. The van der Waals surface area contributed by atoms with Crippen molar-refractivity contribution in [2.75, 3.05) is 24.6 Å². The molecular formula is C11H17N3O2. The van der Waals surface area contributed by atoms with Crippen molar-refractivity contribution in [3.63, 3.8) is 0 Å². The number of amides is 1. The number of anilines is 2. The van der Waals surface area contributed by atoms with E-state index in [2.05, 4.69) is 10.6 Å². The maximum atomic E-state index is 11.4. The first-order chi connectivity index (χ1) is 7.54. The molecule has 5 nitrogen and oxygen atoms in total. The van der Waals surface area contributed by atoms with Crippen LogP contribution in [0.2, 0.25) is 0 Å². The molecule has 0 bridgehead atoms. The minimum absolute atomic E-state index is 0.167. The molecule has 1 rings (SSSR count). The maximum Gasteiger partial charge on any atom is 0.251 e. The molecule has 16 heavy (non-hydrogen) atoms. The molecule has 0 aromatic heterocycles. The van der Waals surface area contributed by atoms with Crippen LogP contribution < -0.4 is 16.4 Å². The van der Waals surface area contributed by atoms with Gasteiger partial charge in [0.05, 0.1) is 17.5 Å². The fraction of sp³-hybridized carbons (Fsp3) is 0.364. The first-order valence-electron chi connectivity index (χ1n) is 5.08. The molecule has 5 heteroatoms. The van der Waals surface area contributed by atoms with E-state index in [1.807, 2.05) is 0 Å². The molecule has 0 aliphatic rings. The second-order valence-corrected chi connectivity index (χ2v) is 3.61. The molecular weight excluding hydrogens is 206 g/mol. The molecule has 0 aliphatic heterocycles. The summed E-state index contributed by atoms with van der Waals surface area (Å²) in [6, 6.07) is 4.98. The number of hydrogen-bond acceptors (Lipinski definition) is 4. The molecule has 88 valence electrons. The number of nitrogens with two attached hydrogens (primary N) is 1. The number of carbonyl (C=O) groups is 1. The van der Waals surface area contributed by atoms with Crippen molar-refractivity contribution >= 4 is 17.3 Å². The number of hydrogen-bond donors (Lipinski definition) is 4. The van der Waals surface area contributed by atoms with Gasteiger partial charge in [-0.25, -0.2) is 0 Å². The van der Waals surface area contributed by atoms with Crippen LogP contribution in [0.15, 0.2) is 18.2 Å². The number of benzene rings is 1. The fourth-order valence-electron chi connectivity index (χ4n) is 1.25. The van der Waals surface area contributed by atoms with Crippen LogP contribution >= 0.6 is 0 Å². The molecule has 0 radical (unpaired) electrons. The van der Waals surface area contributed by atoms with E-state index in [0.29, 0.717) is 23.5 Å². The molecule has 1 atom stereocenters. The van der Waals surface area contributed by atoms with Gasteiger partial charge in [-0.05, 0) is 25.1 Å². The zero-order valence-electron chi connectivity index (χ0n) is 9.45. The Morgan fingerprint density at radius 3 is 2.81 bits per heavy atom. The Kier molecular flexibility index (Phi) is 4.13. The Bertz CT molecular complexity index is 377. The van der Waals surface area contributed by atoms with Crippen LogP contribution in [0.3, 0.4) is 0 Å². The fourth-order valence-corrected chi connectivity index (χ4v) is 1.25. The molecule has 0 fully saturated rings. The largest absolute Gasteiger partial charge is 0.397 e. The van der Waals surface area contributed by atoms with Crippen molar-refractivity contribution < 1.29 is 9.90 Å². The lowest BCUT2D eigenvalue weighted by Crippen LogP contribution is -2.19. The molecule has 5 N–H and O–H groups in total. The molecule has 1 aromatic carbocycles. The van der Waals surface area contributed by atoms with Gasteiger partial charge in [0.1, 0.15) is 0 Å². The molecule has 0 saturated heterocycles. The SMILES string of the molecule is CNC(=O)c1ccc(N)c(NCC(C)O)c1. The molecule has 0 heterocycles. The van der Waals surface area contributed by atoms with E-state index in [1.165, 1.54) is 0 Å². The second kappa shape index (κ2) is 5.37. The van der Waals surface area contributed by atoms with Crippen LogP contribution in [0.5, 0.6) is 0 Å². The van der Waals surface area contributed by atoms with Crippen LogP contribution in [0.4, 0.5) is 11.4 Å². The summed E-state index contributed by atoms with van der Waals surface area (Å²) in [4.78, 5) is 11.4. The average molecular weight is 223 g/mol. The summed E-state index contributed by atoms with van der Waals surface area (Å²) in [5.41, 5.74) is 7.48. The lowest BCUT2D eigenvalue weighted by atomic mass is 10.1. The molecule has 0 saturated carbocycles. The van der Waals surface area contributed by atoms with Gasteiger partial charge in [0.25, 0.3) is 5.91 Å². The van der Waals surface area contributed by atoms with E-state index >= 15 is 0 Å². The Hall–Kier alpha value is -1.75. The molecule has 0 spiro atoms. The lowest BCUT2D eigenvalue weighted by Gasteiger charge is -2.12. The lowest BCUT2D eigenvalue weighted by molar-refractivity contribution is 0.0963. The minimum atomic E-state index is -0.469. The van der Waals surface area contributed by atoms with E-state index < -0.39 is 6.10 Å². The Morgan fingerprint density at radius 1 is 1.56 bits per heavy atom. The summed E-state index contributed by atoms with van der Waals surface area (Å²) >= 11 is 0. The molecule has 0 aliphatic carbocycles. The van der Waals surface area contributed by atoms with Gasteiger partial charge in [-0.1, -0.05) is 0 Å². The van der Waals surface area contributed by atoms with Gasteiger partial charge >= 0.3 is 0 Å². The predicted molar refractivity (Wildman–Crippen MR) is 64.4 cm³/mol. The number of aliphatic hydroxyl groups excluding tert-OH is 1. The van der Waals surface area contributed by atoms with E-state index in [4.69, 9.17) is 10.8 Å². The predicted octanol–water partition coefficient (Wildman–Crippen LogP) is 0.421. The van der Waals surface area contributed by atoms with Crippen LogP contribution in [0, 0.1) is 0 Å². The van der Waals surface area contributed by atoms with Gasteiger partial charge in [-0.2, -0.15) is 0 Å². The van der Waals surface area contributed by atoms with E-state index in [1.54, 1.807) is 32.2 Å². The summed E-state index contributed by atoms with van der Waals surface area (Å²) in [5, 5.41) is 14.7. The minimum Gasteiger partial charge on any atom is -0.397 e. The van der Waals surface area contributed by atoms with E-state index in [9.17, 15) is 4.79 Å². The second-order valence-electron chi connectivity index (χ2n) is 3.61. The summed E-state index contributed by atoms with van der Waals surface area (Å²) in [6.07, 6.45) is -0.469. The summed E-state index contributed by atoms with van der Waals surface area (Å²) in [5.74, 6) is -0.167. The molecule has 1 amide bonds. The number of carbonyl (C=O) groups excluding carboxylic acids is 1. The van der Waals surface area contributed by atoms with Gasteiger partial charge in [-0.3, -0.25) is 4.79 Å². The van der Waals surface area contributed by atoms with Crippen LogP contribution in [-0.2, 0) is 0 Å². The highest BCUT2D eigenvalue weighted by atomic mass is 16.3. The van der Waals surface area contributed by atoms with Crippen LogP contribution in [-0.4, -0.2) is 30.7 Å². The third-order valence-electron chi connectivity index (χ3n) is 2.13. The highest BCUT2D eigenvalue weighted by Crippen LogP contribution is 2.19. The highest BCUT2D eigenvalue weighted by Gasteiger charge is 2.07. The molecule has 1 aromatic rings. The standard InChI is InChI=1S/C11H17N3O2/c1-7(15)6-14-10-5-8(11(16)13-2)3-4-9(10)12/h3-5,7,14-15H,6,12H2,1-2H3,(H,13,16). The van der Waals surface area contributed by atoms with Gasteiger partial charge in [0.15, 0.2) is 0 Å². The van der Waals surface area contributed by atoms with Crippen molar-refractivity contribution in [1.82, 2.24) is 5.32 Å². The number of nitrogen functional groups attached to an aromatic ring is 1. The zero-order valence-corrected chi connectivity index (χ0v) is 9.45. The highest BCUT2D eigenvalue weighted by molar-refractivity contribution is 5.96. The number of aliphatic hydroxyl groups is 1. The monoisotopic (exact) mass is 223 g/mol. The zero-order chi connectivity index (χ0) is 12.1. The third-order valence-corrected chi connectivity index (χ3v) is 2.13. The first-order valence-corrected chi connectivity index (χ1v) is 5.08. The van der Waals surface area contributed by atoms with E-state index in [0.717, 1.165) is 0 Å². The maximum absolute atomic E-state index is 11.4. The third kappa shape index (κ3) is 3.13. The van der Waals surface area contributed by atoms with Crippen LogP contribution in [0.1, 0.15) is 17.3 Å². The normalized spacial score (nSPS) is 11.9. The van der Waals surface area contributed by atoms with Crippen molar-refractivity contribution in [3.05, 3.63) is 23.8 Å². The van der Waals surface area contributed by atoms with Gasteiger partial charge in [0, 0.05) is 19.2 Å². The quantitative estimate of drug-likeness (QED) is 0.557. The Morgan fingerprint density at radius 2 is 2.25 bits per heavy atom. The first kappa shape index (κ1) is 12.3. The van der Waals surface area contributed by atoms with Crippen molar-refractivity contribution in [2.24, 2.45) is 0 Å². The van der Waals surface area contributed by atoms with Crippen LogP contribution in [0.25, 0.3) is 0 Å². The Labute approximate surface area is 94.7 Å². The summed E-state index contributed by atoms with van der Waals surface area (Å²) in [6.45, 7) is 2.06. The summed E-state index contributed by atoms with van der Waals surface area (Å²) in [7, 11) is 1.57. The van der Waals surface area contributed by atoms with Crippen molar-refractivity contribution in [2.45, 2.75) is 13.0 Å². The average Bonchev–Trinajstić information content (AvgIpc) is 2.26. The van der Waals surface area contributed by atoms with Crippen molar-refractivity contribution in [1.29, 1.82) is 0 Å². The van der Waals surface area contributed by atoms with Gasteiger partial charge < -0.3 is 21.5 Å².